The van der Waals surface area contributed by atoms with E-state index < -0.39 is 17.5 Å². The fourth-order valence-corrected chi connectivity index (χ4v) is 2.69. The average molecular weight is 300 g/mol. The molecule has 0 aliphatic carbocycles. The summed E-state index contributed by atoms with van der Waals surface area (Å²) in [4.78, 5) is 7.22. The van der Waals surface area contributed by atoms with Crippen LogP contribution in [-0.2, 0) is 13.0 Å². The van der Waals surface area contributed by atoms with E-state index in [1.165, 1.54) is 10.9 Å². The van der Waals surface area contributed by atoms with Crippen molar-refractivity contribution >= 4 is 11.3 Å². The summed E-state index contributed by atoms with van der Waals surface area (Å²) in [6.45, 7) is 2.88. The second-order valence-corrected chi connectivity index (χ2v) is 5.62. The van der Waals surface area contributed by atoms with Gasteiger partial charge in [-0.15, -0.1) is 11.3 Å². The summed E-state index contributed by atoms with van der Waals surface area (Å²) in [6.07, 6.45) is 0.804. The Hall–Kier alpha value is -1.40. The lowest BCUT2D eigenvalue weighted by atomic mass is 10.2. The third kappa shape index (κ3) is 3.37. The second kappa shape index (κ2) is 6.37. The van der Waals surface area contributed by atoms with E-state index in [1.54, 1.807) is 16.8 Å². The van der Waals surface area contributed by atoms with Crippen molar-refractivity contribution in [1.82, 2.24) is 9.88 Å². The highest BCUT2D eigenvalue weighted by Crippen LogP contribution is 2.17. The Labute approximate surface area is 119 Å². The first-order valence-electron chi connectivity index (χ1n) is 6.19. The number of hydrogen-bond acceptors (Lipinski definition) is 3. The molecule has 0 unspecified atom stereocenters. The van der Waals surface area contributed by atoms with E-state index in [1.807, 2.05) is 18.9 Å². The molecule has 1 heterocycles. The molecule has 0 saturated carbocycles. The van der Waals surface area contributed by atoms with E-state index in [2.05, 4.69) is 4.98 Å². The summed E-state index contributed by atoms with van der Waals surface area (Å²) >= 11 is 1.58. The summed E-state index contributed by atoms with van der Waals surface area (Å²) in [5.41, 5.74) is 2.95. The molecule has 0 radical (unpaired) electrons. The van der Waals surface area contributed by atoms with Crippen LogP contribution in [0.2, 0.25) is 0 Å². The first-order chi connectivity index (χ1) is 9.49. The van der Waals surface area contributed by atoms with Crippen LogP contribution < -0.4 is 0 Å². The van der Waals surface area contributed by atoms with Crippen molar-refractivity contribution in [1.29, 1.82) is 0 Å². The van der Waals surface area contributed by atoms with Crippen LogP contribution in [0.1, 0.15) is 16.1 Å². The Morgan fingerprint density at radius 1 is 1.20 bits per heavy atom. The van der Waals surface area contributed by atoms with Crippen molar-refractivity contribution < 1.29 is 13.2 Å². The minimum Gasteiger partial charge on any atom is -0.302 e. The number of rotatable bonds is 5. The second-order valence-electron chi connectivity index (χ2n) is 4.68. The standard InChI is InChI=1S/C14H15F3N2S/c1-9-12(20-8-18-9)5-6-19(2)7-10-3-4-11(15)14(17)13(10)16/h3-4,8H,5-7H2,1-2H3. The lowest BCUT2D eigenvalue weighted by Gasteiger charge is -2.17. The van der Waals surface area contributed by atoms with Gasteiger partial charge in [0.05, 0.1) is 11.2 Å². The number of benzene rings is 1. The molecule has 0 N–H and O–H groups in total. The lowest BCUT2D eigenvalue weighted by Crippen LogP contribution is -2.21. The van der Waals surface area contributed by atoms with Gasteiger partial charge in [-0.05, 0) is 26.5 Å². The average Bonchev–Trinajstić information content (AvgIpc) is 2.83. The lowest BCUT2D eigenvalue weighted by molar-refractivity contribution is 0.321. The molecule has 1 aromatic heterocycles. The summed E-state index contributed by atoms with van der Waals surface area (Å²) in [5, 5.41) is 0. The Balaban J connectivity index is 1.96. The van der Waals surface area contributed by atoms with Gasteiger partial charge in [0.15, 0.2) is 17.5 Å². The molecule has 6 heteroatoms. The summed E-state index contributed by atoms with van der Waals surface area (Å²) < 4.78 is 39.5. The molecular weight excluding hydrogens is 285 g/mol. The third-order valence-electron chi connectivity index (χ3n) is 3.12. The maximum absolute atomic E-state index is 13.6. The monoisotopic (exact) mass is 300 g/mol. The van der Waals surface area contributed by atoms with Crippen molar-refractivity contribution in [3.05, 3.63) is 51.2 Å². The minimum atomic E-state index is -1.41. The zero-order valence-corrected chi connectivity index (χ0v) is 12.1. The summed E-state index contributed by atoms with van der Waals surface area (Å²) in [6, 6.07) is 2.23. The van der Waals surface area contributed by atoms with Gasteiger partial charge in [0.25, 0.3) is 0 Å². The third-order valence-corrected chi connectivity index (χ3v) is 4.12. The van der Waals surface area contributed by atoms with Gasteiger partial charge >= 0.3 is 0 Å². The van der Waals surface area contributed by atoms with E-state index in [0.29, 0.717) is 6.54 Å². The number of aromatic nitrogens is 1. The Morgan fingerprint density at radius 2 is 1.95 bits per heavy atom. The van der Waals surface area contributed by atoms with Gasteiger partial charge in [0.1, 0.15) is 0 Å². The highest BCUT2D eigenvalue weighted by atomic mass is 32.1. The van der Waals surface area contributed by atoms with Gasteiger partial charge < -0.3 is 4.90 Å². The number of aryl methyl sites for hydroxylation is 1. The molecule has 0 atom stereocenters. The number of thiazole rings is 1. The molecule has 2 rings (SSSR count). The predicted molar refractivity (Wildman–Crippen MR) is 73.2 cm³/mol. The van der Waals surface area contributed by atoms with Gasteiger partial charge in [0.2, 0.25) is 0 Å². The molecule has 20 heavy (non-hydrogen) atoms. The smallest absolute Gasteiger partial charge is 0.194 e. The fourth-order valence-electron chi connectivity index (χ4n) is 1.92. The quantitative estimate of drug-likeness (QED) is 0.785. The van der Waals surface area contributed by atoms with E-state index in [4.69, 9.17) is 0 Å². The van der Waals surface area contributed by atoms with Gasteiger partial charge in [0, 0.05) is 23.5 Å². The SMILES string of the molecule is Cc1ncsc1CCN(C)Cc1ccc(F)c(F)c1F. The first-order valence-corrected chi connectivity index (χ1v) is 7.07. The van der Waals surface area contributed by atoms with Crippen LogP contribution >= 0.6 is 11.3 Å². The molecule has 108 valence electrons. The highest BCUT2D eigenvalue weighted by Gasteiger charge is 2.14. The largest absolute Gasteiger partial charge is 0.302 e. The summed E-state index contributed by atoms with van der Waals surface area (Å²) in [7, 11) is 1.82. The molecule has 0 spiro atoms. The van der Waals surface area contributed by atoms with E-state index >= 15 is 0 Å². The van der Waals surface area contributed by atoms with Crippen LogP contribution in [0.5, 0.6) is 0 Å². The molecule has 2 aromatic rings. The number of halogens is 3. The molecule has 0 bridgehead atoms. The summed E-state index contributed by atoms with van der Waals surface area (Å²) in [5.74, 6) is -3.67. The molecule has 1 aromatic carbocycles. The highest BCUT2D eigenvalue weighted by molar-refractivity contribution is 7.09. The van der Waals surface area contributed by atoms with Gasteiger partial charge in [-0.2, -0.15) is 0 Å². The zero-order valence-electron chi connectivity index (χ0n) is 11.3. The van der Waals surface area contributed by atoms with Gasteiger partial charge in [-0.3, -0.25) is 0 Å². The van der Waals surface area contributed by atoms with Crippen molar-refractivity contribution in [2.75, 3.05) is 13.6 Å². The maximum atomic E-state index is 13.6. The van der Waals surface area contributed by atoms with Gasteiger partial charge in [-0.1, -0.05) is 6.07 Å². The first kappa shape index (κ1) is 15.0. The van der Waals surface area contributed by atoms with Crippen molar-refractivity contribution in [3.8, 4) is 0 Å². The number of hydrogen-bond donors (Lipinski definition) is 0. The van der Waals surface area contributed by atoms with Crippen LogP contribution in [0, 0.1) is 24.4 Å². The predicted octanol–water partition coefficient (Wildman–Crippen LogP) is 3.54. The topological polar surface area (TPSA) is 16.1 Å². The molecule has 0 fully saturated rings. The van der Waals surface area contributed by atoms with Crippen molar-refractivity contribution in [2.24, 2.45) is 0 Å². The van der Waals surface area contributed by atoms with Crippen LogP contribution in [0.15, 0.2) is 17.6 Å². The molecule has 0 saturated heterocycles. The van der Waals surface area contributed by atoms with Crippen molar-refractivity contribution in [3.63, 3.8) is 0 Å². The van der Waals surface area contributed by atoms with E-state index in [0.717, 1.165) is 18.2 Å². The van der Waals surface area contributed by atoms with E-state index in [9.17, 15) is 13.2 Å². The number of likely N-dealkylation sites (N-methyl/N-ethyl adjacent to an activating group) is 1. The Bertz CT molecular complexity index is 598. The van der Waals surface area contributed by atoms with Crippen molar-refractivity contribution in [2.45, 2.75) is 19.9 Å². The van der Waals surface area contributed by atoms with Crippen LogP contribution in [0.4, 0.5) is 13.2 Å². The molecule has 0 aliphatic heterocycles. The molecular formula is C14H15F3N2S. The Morgan fingerprint density at radius 3 is 2.60 bits per heavy atom. The number of nitrogens with zero attached hydrogens (tertiary/aromatic N) is 2. The fraction of sp³-hybridized carbons (Fsp3) is 0.357. The van der Waals surface area contributed by atoms with Crippen LogP contribution in [0.3, 0.4) is 0 Å². The molecule has 0 aliphatic rings. The van der Waals surface area contributed by atoms with Crippen LogP contribution in [0.25, 0.3) is 0 Å². The van der Waals surface area contributed by atoms with Crippen LogP contribution in [-0.4, -0.2) is 23.5 Å². The molecule has 0 amide bonds. The molecule has 2 nitrogen and oxygen atoms in total. The zero-order chi connectivity index (χ0) is 14.7. The van der Waals surface area contributed by atoms with E-state index in [-0.39, 0.29) is 12.1 Å². The normalized spacial score (nSPS) is 11.3. The maximum Gasteiger partial charge on any atom is 0.194 e. The van der Waals surface area contributed by atoms with Gasteiger partial charge in [-0.25, -0.2) is 18.2 Å². The minimum absolute atomic E-state index is 0.160. The Kier molecular flexibility index (Phi) is 4.77.